The van der Waals surface area contributed by atoms with Gasteiger partial charge < -0.3 is 20.1 Å². The number of esters is 1. The maximum atomic E-state index is 15.2. The number of hydrogen-bond acceptors (Lipinski definition) is 5. The molecule has 0 saturated carbocycles. The molecule has 3 N–H and O–H groups in total. The maximum Gasteiger partial charge on any atom is 0.313 e. The van der Waals surface area contributed by atoms with Crippen LogP contribution in [-0.4, -0.2) is 42.4 Å². The van der Waals surface area contributed by atoms with Crippen molar-refractivity contribution in [2.45, 2.75) is 38.8 Å². The first-order valence-corrected chi connectivity index (χ1v) is 11.2. The lowest BCUT2D eigenvalue weighted by molar-refractivity contribution is -0.143. The van der Waals surface area contributed by atoms with E-state index in [0.717, 1.165) is 36.0 Å². The van der Waals surface area contributed by atoms with Crippen LogP contribution in [0.25, 0.3) is 11.1 Å². The van der Waals surface area contributed by atoms with Crippen LogP contribution in [0.2, 0.25) is 0 Å². The van der Waals surface area contributed by atoms with Crippen LogP contribution in [0, 0.1) is 17.1 Å². The molecule has 2 heterocycles. The number of nitrogens with zero attached hydrogens (tertiary/aromatic N) is 1. The van der Waals surface area contributed by atoms with Crippen molar-refractivity contribution in [1.29, 1.82) is 5.41 Å². The molecule has 0 aliphatic carbocycles. The molecular weight excluding hydrogens is 425 g/mol. The van der Waals surface area contributed by atoms with Gasteiger partial charge in [0.05, 0.1) is 0 Å². The summed E-state index contributed by atoms with van der Waals surface area (Å²) in [5.74, 6) is -1.16. The highest BCUT2D eigenvalue weighted by Crippen LogP contribution is 2.30. The number of nitrogens with one attached hydrogen (secondary N) is 1. The fourth-order valence-corrected chi connectivity index (χ4v) is 4.39. The minimum absolute atomic E-state index is 0.0426. The van der Waals surface area contributed by atoms with Gasteiger partial charge >= 0.3 is 5.97 Å². The fraction of sp³-hybridized carbons (Fsp3) is 0.400. The Labute approximate surface area is 192 Å². The van der Waals surface area contributed by atoms with Gasteiger partial charge in [0.2, 0.25) is 5.91 Å². The van der Waals surface area contributed by atoms with Gasteiger partial charge in [-0.2, -0.15) is 0 Å². The molecule has 8 heteroatoms. The van der Waals surface area contributed by atoms with Crippen molar-refractivity contribution in [2.75, 3.05) is 19.8 Å². The van der Waals surface area contributed by atoms with Crippen LogP contribution in [0.4, 0.5) is 4.39 Å². The second kappa shape index (κ2) is 10.1. The molecule has 0 atom stereocenters. The summed E-state index contributed by atoms with van der Waals surface area (Å²) < 4.78 is 25.6. The molecule has 0 radical (unpaired) electrons. The number of carbonyl (C=O) groups is 2. The van der Waals surface area contributed by atoms with Gasteiger partial charge in [0, 0.05) is 43.3 Å². The van der Waals surface area contributed by atoms with Crippen molar-refractivity contribution in [3.63, 3.8) is 0 Å². The van der Waals surface area contributed by atoms with Gasteiger partial charge in [-0.25, -0.2) is 4.39 Å². The van der Waals surface area contributed by atoms with Crippen LogP contribution in [0.15, 0.2) is 36.4 Å². The number of hydrogen-bond donors (Lipinski definition) is 2. The van der Waals surface area contributed by atoms with Crippen LogP contribution >= 0.6 is 0 Å². The highest BCUT2D eigenvalue weighted by Gasteiger charge is 2.29. The molecule has 0 unspecified atom stereocenters. The largest absolute Gasteiger partial charge is 0.460 e. The van der Waals surface area contributed by atoms with Gasteiger partial charge in [0.1, 0.15) is 24.7 Å². The molecular formula is C25H28FN3O4. The molecule has 1 saturated heterocycles. The van der Waals surface area contributed by atoms with E-state index >= 15 is 4.39 Å². The maximum absolute atomic E-state index is 15.2. The Morgan fingerprint density at radius 2 is 1.97 bits per heavy atom. The van der Waals surface area contributed by atoms with Crippen LogP contribution in [-0.2, 0) is 38.6 Å². The van der Waals surface area contributed by atoms with Crippen molar-refractivity contribution in [3.8, 4) is 11.1 Å². The molecule has 1 fully saturated rings. The first-order valence-electron chi connectivity index (χ1n) is 11.2. The standard InChI is InChI=1S/C25H28FN3O4/c26-24-20(15-33-23(30)13-22(27)28)2-1-3-21(24)18-4-5-19-14-29(9-6-17(19)12-18)25(31)16-7-10-32-11-8-16/h1-5,12,16H,6-11,13-15H2,(H3,27,28). The molecule has 2 aromatic rings. The first kappa shape index (κ1) is 22.9. The minimum Gasteiger partial charge on any atom is -0.460 e. The molecule has 33 heavy (non-hydrogen) atoms. The summed E-state index contributed by atoms with van der Waals surface area (Å²) in [6.07, 6.45) is 1.96. The van der Waals surface area contributed by atoms with Crippen molar-refractivity contribution < 1.29 is 23.5 Å². The van der Waals surface area contributed by atoms with E-state index in [9.17, 15) is 9.59 Å². The Kier molecular flexibility index (Phi) is 7.03. The van der Waals surface area contributed by atoms with Crippen molar-refractivity contribution >= 4 is 17.7 Å². The number of amidine groups is 1. The topological polar surface area (TPSA) is 106 Å². The van der Waals surface area contributed by atoms with Gasteiger partial charge in [0.25, 0.3) is 0 Å². The van der Waals surface area contributed by atoms with E-state index in [1.54, 1.807) is 18.2 Å². The highest BCUT2D eigenvalue weighted by atomic mass is 19.1. The number of nitrogens with two attached hydrogens (primary N) is 1. The summed E-state index contributed by atoms with van der Waals surface area (Å²) in [6, 6.07) is 10.8. The van der Waals surface area contributed by atoms with E-state index in [0.29, 0.717) is 31.9 Å². The van der Waals surface area contributed by atoms with E-state index in [1.807, 2.05) is 23.1 Å². The van der Waals surface area contributed by atoms with Gasteiger partial charge in [-0.15, -0.1) is 0 Å². The molecule has 1 amide bonds. The normalized spacial score (nSPS) is 16.2. The predicted molar refractivity (Wildman–Crippen MR) is 121 cm³/mol. The quantitative estimate of drug-likeness (QED) is 0.397. The van der Waals surface area contributed by atoms with E-state index < -0.39 is 11.8 Å². The number of carbonyl (C=O) groups excluding carboxylic acids is 2. The Morgan fingerprint density at radius 1 is 1.18 bits per heavy atom. The molecule has 0 bridgehead atoms. The van der Waals surface area contributed by atoms with Crippen molar-refractivity contribution in [1.82, 2.24) is 4.90 Å². The number of rotatable bonds is 6. The van der Waals surface area contributed by atoms with Gasteiger partial charge in [-0.3, -0.25) is 15.0 Å². The van der Waals surface area contributed by atoms with Gasteiger partial charge in [0.15, 0.2) is 0 Å². The van der Waals surface area contributed by atoms with Gasteiger partial charge in [-0.1, -0.05) is 36.4 Å². The van der Waals surface area contributed by atoms with E-state index in [2.05, 4.69) is 0 Å². The third-order valence-electron chi connectivity index (χ3n) is 6.21. The number of amides is 1. The smallest absolute Gasteiger partial charge is 0.313 e. The lowest BCUT2D eigenvalue weighted by atomic mass is 9.92. The minimum atomic E-state index is -0.666. The summed E-state index contributed by atoms with van der Waals surface area (Å²) in [4.78, 5) is 26.4. The Hall–Kier alpha value is -3.26. The zero-order valence-electron chi connectivity index (χ0n) is 18.4. The second-order valence-electron chi connectivity index (χ2n) is 8.52. The zero-order valence-corrected chi connectivity index (χ0v) is 18.4. The van der Waals surface area contributed by atoms with E-state index in [-0.39, 0.29) is 36.3 Å². The number of halogens is 1. The van der Waals surface area contributed by atoms with Gasteiger partial charge in [-0.05, 0) is 36.0 Å². The Balaban J connectivity index is 1.46. The molecule has 0 spiro atoms. The lowest BCUT2D eigenvalue weighted by Crippen LogP contribution is -2.41. The molecule has 2 aromatic carbocycles. The molecule has 7 nitrogen and oxygen atoms in total. The third-order valence-corrected chi connectivity index (χ3v) is 6.21. The number of benzene rings is 2. The SMILES string of the molecule is N=C(N)CC(=O)OCc1cccc(-c2ccc3c(c2)CCN(C(=O)C2CCOCC2)C3)c1F. The third kappa shape index (κ3) is 5.39. The van der Waals surface area contributed by atoms with Crippen molar-refractivity contribution in [2.24, 2.45) is 11.7 Å². The van der Waals surface area contributed by atoms with Crippen LogP contribution in [0.5, 0.6) is 0 Å². The van der Waals surface area contributed by atoms with Crippen LogP contribution in [0.1, 0.15) is 36.0 Å². The van der Waals surface area contributed by atoms with E-state index in [4.69, 9.17) is 20.6 Å². The van der Waals surface area contributed by atoms with E-state index in [1.165, 1.54) is 0 Å². The summed E-state index contributed by atoms with van der Waals surface area (Å²) >= 11 is 0. The molecule has 2 aliphatic heterocycles. The van der Waals surface area contributed by atoms with Crippen molar-refractivity contribution in [3.05, 3.63) is 58.9 Å². The fourth-order valence-electron chi connectivity index (χ4n) is 4.39. The van der Waals surface area contributed by atoms with Crippen LogP contribution < -0.4 is 5.73 Å². The summed E-state index contributed by atoms with van der Waals surface area (Å²) in [7, 11) is 0. The predicted octanol–water partition coefficient (Wildman–Crippen LogP) is 3.17. The Bertz CT molecular complexity index is 1070. The monoisotopic (exact) mass is 453 g/mol. The average Bonchev–Trinajstić information content (AvgIpc) is 2.82. The lowest BCUT2D eigenvalue weighted by Gasteiger charge is -2.33. The molecule has 2 aliphatic rings. The zero-order chi connectivity index (χ0) is 23.4. The second-order valence-corrected chi connectivity index (χ2v) is 8.52. The summed E-state index contributed by atoms with van der Waals surface area (Å²) in [5, 5.41) is 7.14. The molecule has 174 valence electrons. The first-order chi connectivity index (χ1) is 15.9. The Morgan fingerprint density at radius 3 is 2.73 bits per heavy atom. The summed E-state index contributed by atoms with van der Waals surface area (Å²) in [6.45, 7) is 2.29. The average molecular weight is 454 g/mol. The number of fused-ring (bicyclic) bond motifs is 1. The van der Waals surface area contributed by atoms with Crippen LogP contribution in [0.3, 0.4) is 0 Å². The summed E-state index contributed by atoms with van der Waals surface area (Å²) in [5.41, 5.74) is 8.82. The molecule has 4 rings (SSSR count). The number of ether oxygens (including phenoxy) is 2. The molecule has 0 aromatic heterocycles. The highest BCUT2D eigenvalue weighted by molar-refractivity contribution is 5.94.